The Labute approximate surface area is 146 Å². The minimum absolute atomic E-state index is 0.135. The second-order valence-electron chi connectivity index (χ2n) is 6.05. The van der Waals surface area contributed by atoms with Gasteiger partial charge < -0.3 is 19.5 Å². The second-order valence-corrected chi connectivity index (χ2v) is 6.05. The van der Waals surface area contributed by atoms with Crippen LogP contribution >= 0.6 is 0 Å². The molecule has 132 valence electrons. The maximum atomic E-state index is 12.5. The van der Waals surface area contributed by atoms with E-state index in [1.54, 1.807) is 9.80 Å². The fraction of sp³-hybridized carbons (Fsp3) is 0.389. The molecule has 1 saturated heterocycles. The highest BCUT2D eigenvalue weighted by Gasteiger charge is 2.27. The van der Waals surface area contributed by atoms with Gasteiger partial charge in [0.2, 0.25) is 0 Å². The predicted molar refractivity (Wildman–Crippen MR) is 93.6 cm³/mol. The van der Waals surface area contributed by atoms with Crippen LogP contribution < -0.4 is 5.32 Å². The summed E-state index contributed by atoms with van der Waals surface area (Å²) >= 11 is 0. The highest BCUT2D eigenvalue weighted by atomic mass is 16.3. The molecule has 1 aromatic carbocycles. The number of anilines is 1. The molecular formula is C18H22N4O3. The molecule has 0 atom stereocenters. The van der Waals surface area contributed by atoms with Gasteiger partial charge in [-0.3, -0.25) is 4.79 Å². The Morgan fingerprint density at radius 1 is 1.12 bits per heavy atom. The molecule has 25 heavy (non-hydrogen) atoms. The van der Waals surface area contributed by atoms with Crippen LogP contribution in [0.15, 0.2) is 35.1 Å². The Morgan fingerprint density at radius 3 is 2.40 bits per heavy atom. The molecule has 7 nitrogen and oxygen atoms in total. The van der Waals surface area contributed by atoms with Crippen molar-refractivity contribution in [2.45, 2.75) is 20.3 Å². The van der Waals surface area contributed by atoms with Crippen LogP contribution in [0, 0.1) is 6.92 Å². The van der Waals surface area contributed by atoms with E-state index in [1.807, 2.05) is 38.1 Å². The van der Waals surface area contributed by atoms with Crippen LogP contribution in [0.25, 0.3) is 0 Å². The lowest BCUT2D eigenvalue weighted by Gasteiger charge is -2.34. The highest BCUT2D eigenvalue weighted by Crippen LogP contribution is 2.14. The lowest BCUT2D eigenvalue weighted by Crippen LogP contribution is -2.51. The summed E-state index contributed by atoms with van der Waals surface area (Å²) in [5.41, 5.74) is 2.29. The minimum Gasteiger partial charge on any atom is -0.448 e. The van der Waals surface area contributed by atoms with Crippen molar-refractivity contribution < 1.29 is 14.0 Å². The van der Waals surface area contributed by atoms with E-state index in [1.165, 1.54) is 6.39 Å². The van der Waals surface area contributed by atoms with Gasteiger partial charge in [0.1, 0.15) is 5.76 Å². The van der Waals surface area contributed by atoms with Gasteiger partial charge >= 0.3 is 6.03 Å². The SMILES string of the molecule is CCc1ocnc1C(=O)N1CCN(C(=O)Nc2ccc(C)cc2)CC1. The van der Waals surface area contributed by atoms with Gasteiger partial charge in [0.05, 0.1) is 0 Å². The zero-order valence-corrected chi connectivity index (χ0v) is 14.5. The Hall–Kier alpha value is -2.83. The molecular weight excluding hydrogens is 320 g/mol. The molecule has 2 aromatic rings. The molecule has 0 unspecified atom stereocenters. The van der Waals surface area contributed by atoms with E-state index in [0.717, 1.165) is 11.3 Å². The van der Waals surface area contributed by atoms with Crippen molar-refractivity contribution in [3.63, 3.8) is 0 Å². The van der Waals surface area contributed by atoms with E-state index in [4.69, 9.17) is 4.42 Å². The first-order valence-corrected chi connectivity index (χ1v) is 8.42. The van der Waals surface area contributed by atoms with Gasteiger partial charge in [0, 0.05) is 38.3 Å². The third kappa shape index (κ3) is 3.81. The topological polar surface area (TPSA) is 78.7 Å². The number of oxazole rings is 1. The van der Waals surface area contributed by atoms with E-state index in [0.29, 0.717) is 44.1 Å². The molecule has 0 radical (unpaired) electrons. The summed E-state index contributed by atoms with van der Waals surface area (Å²) in [7, 11) is 0. The number of benzene rings is 1. The standard InChI is InChI=1S/C18H22N4O3/c1-3-15-16(19-12-25-15)17(23)21-8-10-22(11-9-21)18(24)20-14-6-4-13(2)5-7-14/h4-7,12H,3,8-11H2,1-2H3,(H,20,24). The quantitative estimate of drug-likeness (QED) is 0.930. The summed E-state index contributed by atoms with van der Waals surface area (Å²) in [4.78, 5) is 32.3. The van der Waals surface area contributed by atoms with Crippen LogP contribution in [-0.2, 0) is 6.42 Å². The lowest BCUT2D eigenvalue weighted by molar-refractivity contribution is 0.0664. The molecule has 1 aliphatic rings. The maximum absolute atomic E-state index is 12.5. The molecule has 0 spiro atoms. The van der Waals surface area contributed by atoms with E-state index in [9.17, 15) is 9.59 Å². The summed E-state index contributed by atoms with van der Waals surface area (Å²) < 4.78 is 5.23. The summed E-state index contributed by atoms with van der Waals surface area (Å²) in [6.45, 7) is 5.86. The first-order valence-electron chi connectivity index (χ1n) is 8.42. The van der Waals surface area contributed by atoms with Crippen LogP contribution in [-0.4, -0.2) is 52.9 Å². The molecule has 7 heteroatoms. The molecule has 0 saturated carbocycles. The first-order chi connectivity index (χ1) is 12.1. The van der Waals surface area contributed by atoms with Gasteiger partial charge in [-0.2, -0.15) is 0 Å². The van der Waals surface area contributed by atoms with Crippen LogP contribution in [0.4, 0.5) is 10.5 Å². The maximum Gasteiger partial charge on any atom is 0.321 e. The number of hydrogen-bond acceptors (Lipinski definition) is 4. The predicted octanol–water partition coefficient (Wildman–Crippen LogP) is 2.54. The number of nitrogens with zero attached hydrogens (tertiary/aromatic N) is 3. The number of amides is 3. The third-order valence-corrected chi connectivity index (χ3v) is 4.32. The van der Waals surface area contributed by atoms with Crippen LogP contribution in [0.5, 0.6) is 0 Å². The van der Waals surface area contributed by atoms with Crippen molar-refractivity contribution in [3.8, 4) is 0 Å². The van der Waals surface area contributed by atoms with Gasteiger partial charge in [0.15, 0.2) is 12.1 Å². The van der Waals surface area contributed by atoms with Crippen LogP contribution in [0.1, 0.15) is 28.7 Å². The van der Waals surface area contributed by atoms with Crippen molar-refractivity contribution in [2.75, 3.05) is 31.5 Å². The zero-order chi connectivity index (χ0) is 17.8. The summed E-state index contributed by atoms with van der Waals surface area (Å²) in [6, 6.07) is 7.52. The van der Waals surface area contributed by atoms with Crippen molar-refractivity contribution in [3.05, 3.63) is 47.7 Å². The van der Waals surface area contributed by atoms with Gasteiger partial charge in [-0.05, 0) is 19.1 Å². The summed E-state index contributed by atoms with van der Waals surface area (Å²) in [5.74, 6) is 0.466. The molecule has 3 rings (SSSR count). The molecule has 1 N–H and O–H groups in total. The number of carbonyl (C=O) groups is 2. The molecule has 1 fully saturated rings. The Balaban J connectivity index is 1.55. The van der Waals surface area contributed by atoms with Crippen molar-refractivity contribution in [1.82, 2.24) is 14.8 Å². The number of rotatable bonds is 3. The first kappa shape index (κ1) is 17.0. The van der Waals surface area contributed by atoms with Gasteiger partial charge in [0.25, 0.3) is 5.91 Å². The number of aryl methyl sites for hydroxylation is 2. The van der Waals surface area contributed by atoms with Crippen LogP contribution in [0.2, 0.25) is 0 Å². The molecule has 1 aliphatic heterocycles. The van der Waals surface area contributed by atoms with Crippen LogP contribution in [0.3, 0.4) is 0 Å². The zero-order valence-electron chi connectivity index (χ0n) is 14.5. The van der Waals surface area contributed by atoms with E-state index in [-0.39, 0.29) is 11.9 Å². The van der Waals surface area contributed by atoms with Crippen molar-refractivity contribution >= 4 is 17.6 Å². The van der Waals surface area contributed by atoms with Gasteiger partial charge in [-0.1, -0.05) is 24.6 Å². The third-order valence-electron chi connectivity index (χ3n) is 4.32. The molecule has 0 bridgehead atoms. The summed E-state index contributed by atoms with van der Waals surface area (Å²) in [5, 5.41) is 2.88. The Kier molecular flexibility index (Phi) is 5.02. The number of urea groups is 1. The fourth-order valence-electron chi connectivity index (χ4n) is 2.80. The fourth-order valence-corrected chi connectivity index (χ4v) is 2.80. The number of nitrogens with one attached hydrogen (secondary N) is 1. The second kappa shape index (κ2) is 7.38. The molecule has 0 aliphatic carbocycles. The molecule has 1 aromatic heterocycles. The van der Waals surface area contributed by atoms with Gasteiger partial charge in [-0.25, -0.2) is 9.78 Å². The smallest absolute Gasteiger partial charge is 0.321 e. The number of carbonyl (C=O) groups excluding carboxylic acids is 2. The summed E-state index contributed by atoms with van der Waals surface area (Å²) in [6.07, 6.45) is 1.93. The largest absolute Gasteiger partial charge is 0.448 e. The van der Waals surface area contributed by atoms with E-state index in [2.05, 4.69) is 10.3 Å². The Bertz CT molecular complexity index is 746. The van der Waals surface area contributed by atoms with Crippen molar-refractivity contribution in [2.24, 2.45) is 0 Å². The average molecular weight is 342 g/mol. The lowest BCUT2D eigenvalue weighted by atomic mass is 10.2. The molecule has 2 heterocycles. The monoisotopic (exact) mass is 342 g/mol. The van der Waals surface area contributed by atoms with E-state index < -0.39 is 0 Å². The number of aromatic nitrogens is 1. The Morgan fingerprint density at radius 2 is 1.76 bits per heavy atom. The molecule has 3 amide bonds. The highest BCUT2D eigenvalue weighted by molar-refractivity contribution is 5.94. The van der Waals surface area contributed by atoms with Gasteiger partial charge in [-0.15, -0.1) is 0 Å². The number of hydrogen-bond donors (Lipinski definition) is 1. The normalized spacial score (nSPS) is 14.5. The van der Waals surface area contributed by atoms with Crippen molar-refractivity contribution in [1.29, 1.82) is 0 Å². The minimum atomic E-state index is -0.147. The van der Waals surface area contributed by atoms with E-state index >= 15 is 0 Å². The number of piperazine rings is 1. The average Bonchev–Trinajstić information content (AvgIpc) is 3.12.